The first-order chi connectivity index (χ1) is 8.23. The van der Waals surface area contributed by atoms with E-state index in [2.05, 4.69) is 5.32 Å². The molecule has 0 spiro atoms. The SMILES string of the molecule is CC(C)(C)C(=O)NCC(=O)N1CCC[C@H]1C(N)=O. The lowest BCUT2D eigenvalue weighted by Gasteiger charge is -2.23. The van der Waals surface area contributed by atoms with Crippen molar-refractivity contribution in [3.8, 4) is 0 Å². The van der Waals surface area contributed by atoms with Gasteiger partial charge in [-0.1, -0.05) is 20.8 Å². The monoisotopic (exact) mass is 255 g/mol. The van der Waals surface area contributed by atoms with Gasteiger partial charge in [-0.05, 0) is 12.8 Å². The second-order valence-electron chi connectivity index (χ2n) is 5.58. The average Bonchev–Trinajstić information content (AvgIpc) is 2.72. The van der Waals surface area contributed by atoms with Gasteiger partial charge in [-0.2, -0.15) is 0 Å². The van der Waals surface area contributed by atoms with Crippen molar-refractivity contribution >= 4 is 17.7 Å². The quantitative estimate of drug-likeness (QED) is 0.720. The van der Waals surface area contributed by atoms with E-state index in [1.165, 1.54) is 4.90 Å². The molecule has 1 aliphatic rings. The summed E-state index contributed by atoms with van der Waals surface area (Å²) in [4.78, 5) is 36.1. The molecule has 0 radical (unpaired) electrons. The van der Waals surface area contributed by atoms with Crippen LogP contribution in [0.15, 0.2) is 0 Å². The van der Waals surface area contributed by atoms with Crippen LogP contribution >= 0.6 is 0 Å². The molecule has 3 N–H and O–H groups in total. The number of likely N-dealkylation sites (tertiary alicyclic amines) is 1. The minimum Gasteiger partial charge on any atom is -0.368 e. The van der Waals surface area contributed by atoms with E-state index in [-0.39, 0.29) is 18.4 Å². The van der Waals surface area contributed by atoms with Gasteiger partial charge < -0.3 is 16.0 Å². The van der Waals surface area contributed by atoms with E-state index < -0.39 is 17.4 Å². The lowest BCUT2D eigenvalue weighted by molar-refractivity contribution is -0.138. The van der Waals surface area contributed by atoms with Crippen molar-refractivity contribution in [1.29, 1.82) is 0 Å². The van der Waals surface area contributed by atoms with Crippen LogP contribution < -0.4 is 11.1 Å². The molecule has 0 saturated carbocycles. The van der Waals surface area contributed by atoms with E-state index in [1.54, 1.807) is 20.8 Å². The van der Waals surface area contributed by atoms with Crippen molar-refractivity contribution in [3.05, 3.63) is 0 Å². The molecule has 0 aromatic rings. The van der Waals surface area contributed by atoms with Crippen LogP contribution in [0.25, 0.3) is 0 Å². The molecule has 6 heteroatoms. The van der Waals surface area contributed by atoms with Gasteiger partial charge in [0.05, 0.1) is 6.54 Å². The second kappa shape index (κ2) is 5.37. The third-order valence-electron chi connectivity index (χ3n) is 2.98. The summed E-state index contributed by atoms with van der Waals surface area (Å²) in [5.74, 6) is -0.928. The Kier molecular flexibility index (Phi) is 4.32. The van der Waals surface area contributed by atoms with E-state index in [4.69, 9.17) is 5.73 Å². The van der Waals surface area contributed by atoms with Crippen LogP contribution in [0.2, 0.25) is 0 Å². The first kappa shape index (κ1) is 14.5. The number of hydrogen-bond donors (Lipinski definition) is 2. The van der Waals surface area contributed by atoms with Gasteiger partial charge in [-0.3, -0.25) is 14.4 Å². The van der Waals surface area contributed by atoms with Crippen molar-refractivity contribution < 1.29 is 14.4 Å². The second-order valence-corrected chi connectivity index (χ2v) is 5.58. The van der Waals surface area contributed by atoms with Crippen molar-refractivity contribution in [2.75, 3.05) is 13.1 Å². The number of primary amides is 1. The molecular weight excluding hydrogens is 234 g/mol. The van der Waals surface area contributed by atoms with Crippen molar-refractivity contribution in [1.82, 2.24) is 10.2 Å². The molecule has 1 fully saturated rings. The van der Waals surface area contributed by atoms with Crippen LogP contribution in [-0.2, 0) is 14.4 Å². The maximum absolute atomic E-state index is 11.9. The Morgan fingerprint density at radius 1 is 1.33 bits per heavy atom. The molecule has 0 aliphatic carbocycles. The smallest absolute Gasteiger partial charge is 0.242 e. The Hall–Kier alpha value is -1.59. The first-order valence-corrected chi connectivity index (χ1v) is 6.10. The molecule has 18 heavy (non-hydrogen) atoms. The average molecular weight is 255 g/mol. The largest absolute Gasteiger partial charge is 0.368 e. The zero-order valence-corrected chi connectivity index (χ0v) is 11.2. The van der Waals surface area contributed by atoms with Gasteiger partial charge >= 0.3 is 0 Å². The lowest BCUT2D eigenvalue weighted by atomic mass is 9.96. The Balaban J connectivity index is 2.51. The van der Waals surface area contributed by atoms with Gasteiger partial charge in [0, 0.05) is 12.0 Å². The number of amides is 3. The fourth-order valence-corrected chi connectivity index (χ4v) is 1.88. The molecule has 6 nitrogen and oxygen atoms in total. The number of nitrogens with two attached hydrogens (primary N) is 1. The van der Waals surface area contributed by atoms with E-state index in [0.29, 0.717) is 13.0 Å². The van der Waals surface area contributed by atoms with Gasteiger partial charge in [-0.15, -0.1) is 0 Å². The Morgan fingerprint density at radius 3 is 2.44 bits per heavy atom. The number of carbonyl (C=O) groups is 3. The normalized spacial score (nSPS) is 19.7. The van der Waals surface area contributed by atoms with Gasteiger partial charge in [-0.25, -0.2) is 0 Å². The number of rotatable bonds is 3. The van der Waals surface area contributed by atoms with Gasteiger partial charge in [0.2, 0.25) is 17.7 Å². The van der Waals surface area contributed by atoms with Crippen LogP contribution in [0.4, 0.5) is 0 Å². The summed E-state index contributed by atoms with van der Waals surface area (Å²) in [6.45, 7) is 5.76. The molecule has 0 aromatic heterocycles. The molecule has 1 aliphatic heterocycles. The molecular formula is C12H21N3O3. The predicted octanol–water partition coefficient (Wildman–Crippen LogP) is -0.375. The van der Waals surface area contributed by atoms with E-state index in [0.717, 1.165) is 6.42 Å². The summed E-state index contributed by atoms with van der Waals surface area (Å²) >= 11 is 0. The van der Waals surface area contributed by atoms with Crippen LogP contribution in [0.1, 0.15) is 33.6 Å². The minimum atomic E-state index is -0.533. The summed E-state index contributed by atoms with van der Waals surface area (Å²) in [5, 5.41) is 2.58. The summed E-state index contributed by atoms with van der Waals surface area (Å²) in [6, 6.07) is -0.524. The molecule has 0 aromatic carbocycles. The van der Waals surface area contributed by atoms with Gasteiger partial charge in [0.15, 0.2) is 0 Å². The fraction of sp³-hybridized carbons (Fsp3) is 0.750. The number of nitrogens with zero attached hydrogens (tertiary/aromatic N) is 1. The van der Waals surface area contributed by atoms with E-state index in [9.17, 15) is 14.4 Å². The standard InChI is InChI=1S/C12H21N3O3/c1-12(2,3)11(18)14-7-9(16)15-6-4-5-8(15)10(13)17/h8H,4-7H2,1-3H3,(H2,13,17)(H,14,18)/t8-/m0/s1. The molecule has 1 atom stereocenters. The maximum atomic E-state index is 11.9. The summed E-state index contributed by atoms with van der Waals surface area (Å²) in [7, 11) is 0. The van der Waals surface area contributed by atoms with Crippen LogP contribution in [0.5, 0.6) is 0 Å². The summed E-state index contributed by atoms with van der Waals surface area (Å²) < 4.78 is 0. The van der Waals surface area contributed by atoms with Gasteiger partial charge in [0.25, 0.3) is 0 Å². The van der Waals surface area contributed by atoms with E-state index >= 15 is 0 Å². The number of carbonyl (C=O) groups excluding carboxylic acids is 3. The molecule has 1 saturated heterocycles. The minimum absolute atomic E-state index is 0.0834. The predicted molar refractivity (Wildman–Crippen MR) is 66.4 cm³/mol. The summed E-state index contributed by atoms with van der Waals surface area (Å²) in [6.07, 6.45) is 1.38. The molecule has 0 bridgehead atoms. The highest BCUT2D eigenvalue weighted by Crippen LogP contribution is 2.17. The molecule has 102 valence electrons. The number of hydrogen-bond acceptors (Lipinski definition) is 3. The fourth-order valence-electron chi connectivity index (χ4n) is 1.88. The zero-order valence-electron chi connectivity index (χ0n) is 11.2. The highest BCUT2D eigenvalue weighted by atomic mass is 16.2. The maximum Gasteiger partial charge on any atom is 0.242 e. The van der Waals surface area contributed by atoms with Crippen molar-refractivity contribution in [2.45, 2.75) is 39.7 Å². The Bertz CT molecular complexity index is 360. The van der Waals surface area contributed by atoms with Crippen LogP contribution in [0, 0.1) is 5.41 Å². The zero-order chi connectivity index (χ0) is 13.9. The highest BCUT2D eigenvalue weighted by Gasteiger charge is 2.32. The number of nitrogens with one attached hydrogen (secondary N) is 1. The Labute approximate surface area is 107 Å². The first-order valence-electron chi connectivity index (χ1n) is 6.10. The molecule has 3 amide bonds. The van der Waals surface area contributed by atoms with Crippen molar-refractivity contribution in [2.24, 2.45) is 11.1 Å². The third-order valence-corrected chi connectivity index (χ3v) is 2.98. The summed E-state index contributed by atoms with van der Waals surface area (Å²) in [5.41, 5.74) is 4.70. The molecule has 0 unspecified atom stereocenters. The lowest BCUT2D eigenvalue weighted by Crippen LogP contribution is -2.48. The molecule has 1 rings (SSSR count). The third kappa shape index (κ3) is 3.45. The Morgan fingerprint density at radius 2 is 1.94 bits per heavy atom. The molecule has 1 heterocycles. The van der Waals surface area contributed by atoms with Crippen molar-refractivity contribution in [3.63, 3.8) is 0 Å². The topological polar surface area (TPSA) is 92.5 Å². The van der Waals surface area contributed by atoms with E-state index in [1.807, 2.05) is 0 Å². The highest BCUT2D eigenvalue weighted by molar-refractivity contribution is 5.90. The van der Waals surface area contributed by atoms with Crippen LogP contribution in [-0.4, -0.2) is 41.8 Å². The van der Waals surface area contributed by atoms with Crippen LogP contribution in [0.3, 0.4) is 0 Å². The van der Waals surface area contributed by atoms with Gasteiger partial charge in [0.1, 0.15) is 6.04 Å².